The van der Waals surface area contributed by atoms with Crippen LogP contribution in [0.4, 0.5) is 0 Å². The Morgan fingerprint density at radius 2 is 1.81 bits per heavy atom. The zero-order valence-electron chi connectivity index (χ0n) is 10.5. The fourth-order valence-electron chi connectivity index (χ4n) is 1.60. The highest BCUT2D eigenvalue weighted by molar-refractivity contribution is 4.76. The molecule has 2 rings (SSSR count). The van der Waals surface area contributed by atoms with E-state index in [4.69, 9.17) is 14.2 Å². The van der Waals surface area contributed by atoms with Gasteiger partial charge >= 0.3 is 0 Å². The van der Waals surface area contributed by atoms with Gasteiger partial charge in [-0.25, -0.2) is 0 Å². The van der Waals surface area contributed by atoms with Crippen LogP contribution < -0.4 is 0 Å². The SMILES string of the molecule is CCC(C)(COCC1CC1)COCC1CO1. The lowest BCUT2D eigenvalue weighted by Crippen LogP contribution is -2.29. The van der Waals surface area contributed by atoms with Crippen molar-refractivity contribution in [1.82, 2.24) is 0 Å². The van der Waals surface area contributed by atoms with E-state index in [0.717, 1.165) is 45.4 Å². The first-order valence-corrected chi connectivity index (χ1v) is 6.49. The zero-order valence-corrected chi connectivity index (χ0v) is 10.5. The highest BCUT2D eigenvalue weighted by atomic mass is 16.6. The molecule has 2 atom stereocenters. The largest absolute Gasteiger partial charge is 0.381 e. The van der Waals surface area contributed by atoms with Gasteiger partial charge in [-0.1, -0.05) is 13.8 Å². The Balaban J connectivity index is 1.57. The zero-order chi connectivity index (χ0) is 11.4. The molecule has 1 heterocycles. The van der Waals surface area contributed by atoms with E-state index in [2.05, 4.69) is 13.8 Å². The van der Waals surface area contributed by atoms with Crippen molar-refractivity contribution in [1.29, 1.82) is 0 Å². The third-order valence-corrected chi connectivity index (χ3v) is 3.51. The molecule has 3 nitrogen and oxygen atoms in total. The van der Waals surface area contributed by atoms with Crippen LogP contribution in [0.2, 0.25) is 0 Å². The highest BCUT2D eigenvalue weighted by Gasteiger charge is 2.28. The molecule has 1 saturated heterocycles. The molecular formula is C13H24O3. The smallest absolute Gasteiger partial charge is 0.104 e. The van der Waals surface area contributed by atoms with E-state index in [1.807, 2.05) is 0 Å². The molecule has 0 amide bonds. The minimum Gasteiger partial charge on any atom is -0.381 e. The molecule has 1 aliphatic heterocycles. The Kier molecular flexibility index (Phi) is 4.22. The Hall–Kier alpha value is -0.120. The van der Waals surface area contributed by atoms with Gasteiger partial charge in [0.1, 0.15) is 6.10 Å². The fraction of sp³-hybridized carbons (Fsp3) is 1.00. The molecular weight excluding hydrogens is 204 g/mol. The van der Waals surface area contributed by atoms with Gasteiger partial charge in [0, 0.05) is 12.0 Å². The quantitative estimate of drug-likeness (QED) is 0.567. The molecule has 16 heavy (non-hydrogen) atoms. The van der Waals surface area contributed by atoms with E-state index in [1.54, 1.807) is 0 Å². The van der Waals surface area contributed by atoms with Crippen molar-refractivity contribution < 1.29 is 14.2 Å². The summed E-state index contributed by atoms with van der Waals surface area (Å²) in [4.78, 5) is 0. The summed E-state index contributed by atoms with van der Waals surface area (Å²) < 4.78 is 16.6. The second-order valence-corrected chi connectivity index (χ2v) is 5.59. The lowest BCUT2D eigenvalue weighted by molar-refractivity contribution is -0.0206. The van der Waals surface area contributed by atoms with E-state index >= 15 is 0 Å². The molecule has 2 unspecified atom stereocenters. The molecule has 2 aliphatic rings. The molecule has 3 heteroatoms. The number of epoxide rings is 1. The van der Waals surface area contributed by atoms with Gasteiger partial charge in [0.25, 0.3) is 0 Å². The van der Waals surface area contributed by atoms with Crippen molar-refractivity contribution in [3.63, 3.8) is 0 Å². The second-order valence-electron chi connectivity index (χ2n) is 5.59. The third kappa shape index (κ3) is 4.40. The average Bonchev–Trinajstić information content (AvgIpc) is 3.12. The van der Waals surface area contributed by atoms with Crippen LogP contribution in [-0.2, 0) is 14.2 Å². The van der Waals surface area contributed by atoms with Gasteiger partial charge in [0.15, 0.2) is 0 Å². The Morgan fingerprint density at radius 1 is 1.19 bits per heavy atom. The predicted molar refractivity (Wildman–Crippen MR) is 62.5 cm³/mol. The molecule has 0 aromatic heterocycles. The van der Waals surface area contributed by atoms with Crippen molar-refractivity contribution in [2.24, 2.45) is 11.3 Å². The summed E-state index contributed by atoms with van der Waals surface area (Å²) >= 11 is 0. The van der Waals surface area contributed by atoms with Crippen LogP contribution in [0.3, 0.4) is 0 Å². The fourth-order valence-corrected chi connectivity index (χ4v) is 1.60. The summed E-state index contributed by atoms with van der Waals surface area (Å²) in [7, 11) is 0. The number of rotatable bonds is 9. The first-order valence-electron chi connectivity index (χ1n) is 6.49. The Bertz CT molecular complexity index is 191. The van der Waals surface area contributed by atoms with Crippen molar-refractivity contribution in [3.8, 4) is 0 Å². The van der Waals surface area contributed by atoms with E-state index in [9.17, 15) is 0 Å². The van der Waals surface area contributed by atoms with Crippen LogP contribution in [0.1, 0.15) is 33.1 Å². The van der Waals surface area contributed by atoms with Crippen LogP contribution in [0.15, 0.2) is 0 Å². The van der Waals surface area contributed by atoms with Gasteiger partial charge < -0.3 is 14.2 Å². The lowest BCUT2D eigenvalue weighted by atomic mass is 9.90. The number of ether oxygens (including phenoxy) is 3. The molecule has 94 valence electrons. The minimum atomic E-state index is 0.170. The maximum atomic E-state index is 5.78. The molecule has 1 saturated carbocycles. The van der Waals surface area contributed by atoms with E-state index < -0.39 is 0 Å². The van der Waals surface area contributed by atoms with Crippen molar-refractivity contribution in [2.75, 3.05) is 33.0 Å². The lowest BCUT2D eigenvalue weighted by Gasteiger charge is -2.27. The van der Waals surface area contributed by atoms with Crippen LogP contribution in [0, 0.1) is 11.3 Å². The summed E-state index contributed by atoms with van der Waals surface area (Å²) in [6, 6.07) is 0. The summed E-state index contributed by atoms with van der Waals surface area (Å²) in [5.74, 6) is 0.849. The standard InChI is InChI=1S/C13H24O3/c1-3-13(2,9-14-6-11-4-5-11)10-15-7-12-8-16-12/h11-12H,3-10H2,1-2H3. The Labute approximate surface area is 98.4 Å². The van der Waals surface area contributed by atoms with Crippen LogP contribution in [0.25, 0.3) is 0 Å². The third-order valence-electron chi connectivity index (χ3n) is 3.51. The Morgan fingerprint density at radius 3 is 2.31 bits per heavy atom. The number of hydrogen-bond acceptors (Lipinski definition) is 3. The maximum absolute atomic E-state index is 5.78. The average molecular weight is 228 g/mol. The van der Waals surface area contributed by atoms with Crippen LogP contribution in [0.5, 0.6) is 0 Å². The summed E-state index contributed by atoms with van der Waals surface area (Å²) in [5, 5.41) is 0. The first kappa shape index (κ1) is 12.3. The van der Waals surface area contributed by atoms with E-state index in [1.165, 1.54) is 12.8 Å². The molecule has 0 N–H and O–H groups in total. The van der Waals surface area contributed by atoms with E-state index in [0.29, 0.717) is 6.10 Å². The molecule has 0 spiro atoms. The summed E-state index contributed by atoms with van der Waals surface area (Å²) in [5.41, 5.74) is 0.170. The van der Waals surface area contributed by atoms with Gasteiger partial charge in [-0.15, -0.1) is 0 Å². The molecule has 0 aromatic rings. The summed E-state index contributed by atoms with van der Waals surface area (Å²) in [6.07, 6.45) is 4.19. The highest BCUT2D eigenvalue weighted by Crippen LogP contribution is 2.30. The van der Waals surface area contributed by atoms with Gasteiger partial charge in [0.2, 0.25) is 0 Å². The predicted octanol–water partition coefficient (Wildman–Crippen LogP) is 2.24. The van der Waals surface area contributed by atoms with Crippen molar-refractivity contribution >= 4 is 0 Å². The second kappa shape index (κ2) is 5.48. The maximum Gasteiger partial charge on any atom is 0.104 e. The molecule has 2 fully saturated rings. The van der Waals surface area contributed by atoms with E-state index in [-0.39, 0.29) is 5.41 Å². The van der Waals surface area contributed by atoms with Crippen molar-refractivity contribution in [3.05, 3.63) is 0 Å². The topological polar surface area (TPSA) is 31.0 Å². The molecule has 1 aliphatic carbocycles. The van der Waals surface area contributed by atoms with Crippen molar-refractivity contribution in [2.45, 2.75) is 39.2 Å². The molecule has 0 bridgehead atoms. The molecule has 0 aromatic carbocycles. The normalized spacial score (nSPS) is 27.8. The van der Waals surface area contributed by atoms with Gasteiger partial charge in [-0.2, -0.15) is 0 Å². The first-order chi connectivity index (χ1) is 7.72. The minimum absolute atomic E-state index is 0.170. The molecule has 0 radical (unpaired) electrons. The van der Waals surface area contributed by atoms with Gasteiger partial charge in [-0.3, -0.25) is 0 Å². The monoisotopic (exact) mass is 228 g/mol. The van der Waals surface area contributed by atoms with Gasteiger partial charge in [0.05, 0.1) is 26.4 Å². The van der Waals surface area contributed by atoms with Crippen LogP contribution in [-0.4, -0.2) is 39.1 Å². The van der Waals surface area contributed by atoms with Gasteiger partial charge in [-0.05, 0) is 25.2 Å². The van der Waals surface area contributed by atoms with Crippen LogP contribution >= 0.6 is 0 Å². The number of hydrogen-bond donors (Lipinski definition) is 0. The summed E-state index contributed by atoms with van der Waals surface area (Å²) in [6.45, 7) is 8.63.